The number of benzene rings is 2. The third kappa shape index (κ3) is 6.45. The monoisotopic (exact) mass is 553 g/mol. The Morgan fingerprint density at radius 3 is 2.54 bits per heavy atom. The maximum Gasteiger partial charge on any atom is 0.240 e. The largest absolute Gasteiger partial charge is 0.497 e. The first-order chi connectivity index (χ1) is 18.5. The van der Waals surface area contributed by atoms with Crippen LogP contribution in [0.25, 0.3) is 5.69 Å². The molecule has 0 spiro atoms. The summed E-state index contributed by atoms with van der Waals surface area (Å²) in [7, 11) is 5.47. The number of thioether (sulfide) groups is 1. The van der Waals surface area contributed by atoms with Gasteiger partial charge in [0.2, 0.25) is 11.8 Å². The lowest BCUT2D eigenvalue weighted by Crippen LogP contribution is -2.43. The number of hydrogen-bond acceptors (Lipinski definition) is 6. The van der Waals surface area contributed by atoms with Crippen LogP contribution in [0.1, 0.15) is 42.8 Å². The van der Waals surface area contributed by atoms with Gasteiger partial charge >= 0.3 is 0 Å². The second kappa shape index (κ2) is 11.8. The van der Waals surface area contributed by atoms with Gasteiger partial charge in [-0.1, -0.05) is 32.9 Å². The van der Waals surface area contributed by atoms with Gasteiger partial charge in [0.05, 0.1) is 29.5 Å². The fourth-order valence-corrected chi connectivity index (χ4v) is 5.72. The van der Waals surface area contributed by atoms with Gasteiger partial charge < -0.3 is 15.0 Å². The second-order valence-corrected chi connectivity index (χ2v) is 11.9. The molecule has 2 amide bonds. The maximum absolute atomic E-state index is 14.4. The first-order valence-electron chi connectivity index (χ1n) is 12.9. The van der Waals surface area contributed by atoms with E-state index in [1.165, 1.54) is 28.8 Å². The highest BCUT2D eigenvalue weighted by Crippen LogP contribution is 2.48. The lowest BCUT2D eigenvalue weighted by Gasteiger charge is -2.24. The number of fused-ring (bicyclic) bond motifs is 1. The number of methoxy groups -OCH3 is 1. The minimum atomic E-state index is -0.402. The van der Waals surface area contributed by atoms with Crippen molar-refractivity contribution in [1.29, 1.82) is 0 Å². The average Bonchev–Trinajstić information content (AvgIpc) is 3.22. The van der Waals surface area contributed by atoms with Crippen molar-refractivity contribution >= 4 is 29.4 Å². The van der Waals surface area contributed by atoms with Crippen molar-refractivity contribution in [3.05, 3.63) is 71.2 Å². The molecule has 0 unspecified atom stereocenters. The third-order valence-corrected chi connectivity index (χ3v) is 7.71. The zero-order valence-electron chi connectivity index (χ0n) is 23.3. The Bertz CT molecular complexity index is 1330. The number of amides is 2. The number of halogens is 1. The fraction of sp³-hybridized carbons (Fsp3) is 0.414. The van der Waals surface area contributed by atoms with Crippen molar-refractivity contribution in [3.63, 3.8) is 0 Å². The Hall–Kier alpha value is -3.37. The summed E-state index contributed by atoms with van der Waals surface area (Å²) in [4.78, 5) is 30.2. The molecule has 10 heteroatoms. The van der Waals surface area contributed by atoms with Gasteiger partial charge in [-0.3, -0.25) is 14.5 Å². The Balaban J connectivity index is 1.92. The van der Waals surface area contributed by atoms with Gasteiger partial charge in [-0.05, 0) is 56.1 Å². The molecule has 1 N–H and O–H groups in total. The van der Waals surface area contributed by atoms with Crippen LogP contribution in [0.5, 0.6) is 5.75 Å². The van der Waals surface area contributed by atoms with E-state index < -0.39 is 5.41 Å². The Labute approximate surface area is 233 Å². The number of hydrogen-bond donors (Lipinski definition) is 1. The summed E-state index contributed by atoms with van der Waals surface area (Å²) in [5, 5.41) is 7.60. The number of carbonyl (C=O) groups is 2. The number of ether oxygens (including phenoxy) is 1. The van der Waals surface area contributed by atoms with Crippen LogP contribution >= 0.6 is 11.8 Å². The first kappa shape index (κ1) is 28.6. The standard InChI is InChI=1S/C29H36FN5O3S/c1-29(2,3)27-25-26(19-8-7-9-20(30)16-19)39-18-24(37)34(17-23(36)31-14-15-33(4)5)28(25)35(32-27)21-10-12-22(38-6)13-11-21/h7-13,16,26H,14-15,17-18H2,1-6H3,(H,31,36)/t26-/m1/s1. The lowest BCUT2D eigenvalue weighted by atomic mass is 9.87. The second-order valence-electron chi connectivity index (χ2n) is 10.8. The molecule has 4 rings (SSSR count). The van der Waals surface area contributed by atoms with Crippen LogP contribution in [0.2, 0.25) is 0 Å². The molecule has 1 aliphatic rings. The lowest BCUT2D eigenvalue weighted by molar-refractivity contribution is -0.122. The molecule has 0 saturated heterocycles. The summed E-state index contributed by atoms with van der Waals surface area (Å²) < 4.78 is 21.5. The number of nitrogens with zero attached hydrogens (tertiary/aromatic N) is 4. The van der Waals surface area contributed by atoms with Crippen LogP contribution in [-0.4, -0.2) is 73.1 Å². The van der Waals surface area contributed by atoms with Crippen molar-refractivity contribution < 1.29 is 18.7 Å². The molecular weight excluding hydrogens is 517 g/mol. The number of likely N-dealkylation sites (N-methyl/N-ethyl adjacent to an activating group) is 1. The van der Waals surface area contributed by atoms with Crippen LogP contribution in [0.3, 0.4) is 0 Å². The van der Waals surface area contributed by atoms with E-state index in [9.17, 15) is 14.0 Å². The van der Waals surface area contributed by atoms with E-state index >= 15 is 0 Å². The molecule has 3 aromatic rings. The van der Waals surface area contributed by atoms with Gasteiger partial charge in [-0.25, -0.2) is 9.07 Å². The molecule has 0 radical (unpaired) electrons. The van der Waals surface area contributed by atoms with E-state index in [1.54, 1.807) is 17.9 Å². The van der Waals surface area contributed by atoms with E-state index in [1.807, 2.05) is 49.3 Å². The molecule has 1 aromatic heterocycles. The summed E-state index contributed by atoms with van der Waals surface area (Å²) >= 11 is 1.42. The van der Waals surface area contributed by atoms with Gasteiger partial charge in [0.25, 0.3) is 0 Å². The van der Waals surface area contributed by atoms with E-state index in [0.29, 0.717) is 24.7 Å². The van der Waals surface area contributed by atoms with Crippen LogP contribution in [-0.2, 0) is 15.0 Å². The predicted octanol–water partition coefficient (Wildman–Crippen LogP) is 4.16. The van der Waals surface area contributed by atoms with Crippen LogP contribution in [0.15, 0.2) is 48.5 Å². The number of aromatic nitrogens is 2. The summed E-state index contributed by atoms with van der Waals surface area (Å²) in [6.07, 6.45) is 0. The van der Waals surface area contributed by atoms with Gasteiger partial charge in [0.15, 0.2) is 0 Å². The molecule has 39 heavy (non-hydrogen) atoms. The molecule has 0 fully saturated rings. The molecule has 208 valence electrons. The number of rotatable bonds is 8. The summed E-state index contributed by atoms with van der Waals surface area (Å²) in [5.74, 6) is 0.532. The minimum absolute atomic E-state index is 0.132. The van der Waals surface area contributed by atoms with E-state index in [2.05, 4.69) is 26.1 Å². The molecule has 1 aliphatic heterocycles. The Morgan fingerprint density at radius 1 is 1.21 bits per heavy atom. The van der Waals surface area contributed by atoms with Crippen molar-refractivity contribution in [2.45, 2.75) is 31.4 Å². The molecule has 0 saturated carbocycles. The number of anilines is 1. The van der Waals surface area contributed by atoms with Gasteiger partial charge in [0.1, 0.15) is 23.9 Å². The number of nitrogens with one attached hydrogen (secondary N) is 1. The normalized spacial score (nSPS) is 15.7. The van der Waals surface area contributed by atoms with E-state index in [-0.39, 0.29) is 35.2 Å². The zero-order valence-corrected chi connectivity index (χ0v) is 24.1. The molecule has 1 atom stereocenters. The summed E-state index contributed by atoms with van der Waals surface area (Å²) in [6.45, 7) is 7.18. The predicted molar refractivity (Wildman–Crippen MR) is 153 cm³/mol. The SMILES string of the molecule is COc1ccc(-n2nc(C(C)(C)C)c3c2N(CC(=O)NCCN(C)C)C(=O)CS[C@@H]3c2cccc(F)c2)cc1. The highest BCUT2D eigenvalue weighted by molar-refractivity contribution is 8.00. The van der Waals surface area contributed by atoms with Gasteiger partial charge in [-0.15, -0.1) is 11.8 Å². The van der Waals surface area contributed by atoms with Crippen LogP contribution in [0, 0.1) is 5.82 Å². The van der Waals surface area contributed by atoms with Crippen LogP contribution < -0.4 is 15.0 Å². The van der Waals surface area contributed by atoms with E-state index in [4.69, 9.17) is 9.84 Å². The van der Waals surface area contributed by atoms with Crippen molar-refractivity contribution in [2.24, 2.45) is 0 Å². The molecule has 0 aliphatic carbocycles. The highest BCUT2D eigenvalue weighted by atomic mass is 32.2. The molecule has 2 aromatic carbocycles. The Morgan fingerprint density at radius 2 is 1.92 bits per heavy atom. The van der Waals surface area contributed by atoms with Gasteiger partial charge in [0, 0.05) is 24.1 Å². The summed E-state index contributed by atoms with van der Waals surface area (Å²) in [6, 6.07) is 13.9. The summed E-state index contributed by atoms with van der Waals surface area (Å²) in [5.41, 5.74) is 2.65. The smallest absolute Gasteiger partial charge is 0.240 e. The number of carbonyl (C=O) groups excluding carboxylic acids is 2. The van der Waals surface area contributed by atoms with Crippen molar-refractivity contribution in [2.75, 3.05) is 51.5 Å². The quantitative estimate of drug-likeness (QED) is 0.451. The fourth-order valence-electron chi connectivity index (χ4n) is 4.53. The molecule has 0 bridgehead atoms. The van der Waals surface area contributed by atoms with Crippen molar-refractivity contribution in [1.82, 2.24) is 20.0 Å². The Kier molecular flexibility index (Phi) is 8.66. The van der Waals surface area contributed by atoms with Gasteiger partial charge in [-0.2, -0.15) is 5.10 Å². The minimum Gasteiger partial charge on any atom is -0.497 e. The average molecular weight is 554 g/mol. The van der Waals surface area contributed by atoms with Crippen LogP contribution in [0.4, 0.5) is 10.2 Å². The first-order valence-corrected chi connectivity index (χ1v) is 13.9. The molecule has 8 nitrogen and oxygen atoms in total. The van der Waals surface area contributed by atoms with Crippen molar-refractivity contribution in [3.8, 4) is 11.4 Å². The van der Waals surface area contributed by atoms with E-state index in [0.717, 1.165) is 22.5 Å². The maximum atomic E-state index is 14.4. The molecular formula is C29H36FN5O3S. The third-order valence-electron chi connectivity index (χ3n) is 6.45. The zero-order chi connectivity index (χ0) is 28.3. The highest BCUT2D eigenvalue weighted by Gasteiger charge is 2.40. The topological polar surface area (TPSA) is 79.7 Å². The molecule has 2 heterocycles.